The van der Waals surface area contributed by atoms with Crippen molar-refractivity contribution in [1.82, 2.24) is 0 Å². The molecule has 0 unspecified atom stereocenters. The van der Waals surface area contributed by atoms with Gasteiger partial charge in [-0.1, -0.05) is 218 Å². The van der Waals surface area contributed by atoms with Gasteiger partial charge in [0.15, 0.2) is 0 Å². The second-order valence-corrected chi connectivity index (χ2v) is 20.5. The van der Waals surface area contributed by atoms with Gasteiger partial charge in [-0.15, -0.1) is 0 Å². The lowest BCUT2D eigenvalue weighted by atomic mass is 9.68. The number of fused-ring (bicyclic) bond motifs is 16. The molecule has 3 aliphatic carbocycles. The highest BCUT2D eigenvalue weighted by Gasteiger charge is 2.52. The van der Waals surface area contributed by atoms with Crippen LogP contribution >= 0.6 is 0 Å². The maximum atomic E-state index is 6.56. The third-order valence-corrected chi connectivity index (χ3v) is 16.7. The molecule has 0 radical (unpaired) electrons. The standard InChI is InChI=1S/C73H47NO2/c1-6-28-65-57(17-1)58-18-2-7-29-66(58)73(65)67-30-8-3-19-59(67)62-25-12-22-54(70(62)73)50-15-11-16-53(45-50)74(52-43-39-49(40-44-52)56-24-14-27-64-61-21-5-10-32-69(61)76-72(56)64)51-41-37-47(38-42-51)46-33-35-48(36-34-46)55-23-13-26-63-60-20-4-9-31-68(60)75-71(55)63/h1-39,41-43,45H,40,44H2. The number of para-hydroxylation sites is 4. The first-order valence-corrected chi connectivity index (χ1v) is 26.4. The van der Waals surface area contributed by atoms with Gasteiger partial charge >= 0.3 is 0 Å². The van der Waals surface area contributed by atoms with Gasteiger partial charge in [0.2, 0.25) is 0 Å². The summed E-state index contributed by atoms with van der Waals surface area (Å²) in [5.41, 5.74) is 26.7. The van der Waals surface area contributed by atoms with Gasteiger partial charge in [0.1, 0.15) is 22.3 Å². The van der Waals surface area contributed by atoms with Crippen molar-refractivity contribution in [2.75, 3.05) is 4.90 Å². The van der Waals surface area contributed by atoms with Crippen LogP contribution in [0.25, 0.3) is 105 Å². The Labute approximate surface area is 440 Å². The van der Waals surface area contributed by atoms with Crippen LogP contribution in [-0.4, -0.2) is 0 Å². The van der Waals surface area contributed by atoms with Crippen molar-refractivity contribution in [1.29, 1.82) is 0 Å². The van der Waals surface area contributed by atoms with E-state index in [1.165, 1.54) is 66.9 Å². The summed E-state index contributed by atoms with van der Waals surface area (Å²) in [6, 6.07) is 91.1. The molecule has 11 aromatic carbocycles. The highest BCUT2D eigenvalue weighted by atomic mass is 16.3. The second kappa shape index (κ2) is 16.7. The smallest absolute Gasteiger partial charge is 0.143 e. The summed E-state index contributed by atoms with van der Waals surface area (Å²) in [6.07, 6.45) is 6.37. The van der Waals surface area contributed by atoms with Crippen LogP contribution in [0.1, 0.15) is 40.7 Å². The quantitative estimate of drug-likeness (QED) is 0.159. The van der Waals surface area contributed by atoms with E-state index in [1.807, 2.05) is 18.2 Å². The van der Waals surface area contributed by atoms with Crippen molar-refractivity contribution >= 4 is 60.8 Å². The minimum Gasteiger partial charge on any atom is -0.455 e. The van der Waals surface area contributed by atoms with Gasteiger partial charge in [-0.2, -0.15) is 0 Å². The molecule has 13 aromatic rings. The Hall–Kier alpha value is -9.70. The van der Waals surface area contributed by atoms with Crippen molar-refractivity contribution in [3.8, 4) is 55.6 Å². The Morgan fingerprint density at radius 1 is 0.316 bits per heavy atom. The third-order valence-electron chi connectivity index (χ3n) is 16.7. The van der Waals surface area contributed by atoms with Crippen LogP contribution in [0.5, 0.6) is 0 Å². The number of rotatable bonds is 7. The molecule has 3 nitrogen and oxygen atoms in total. The Morgan fingerprint density at radius 2 is 0.789 bits per heavy atom. The Balaban J connectivity index is 0.818. The highest BCUT2D eigenvalue weighted by molar-refractivity contribution is 6.10. The van der Waals surface area contributed by atoms with Gasteiger partial charge < -0.3 is 13.7 Å². The molecule has 1 spiro atoms. The fraction of sp³-hybridized carbons (Fsp3) is 0.0411. The van der Waals surface area contributed by atoms with Crippen LogP contribution in [0.2, 0.25) is 0 Å². The SMILES string of the molecule is C1=C(c2cccc3c2oc2ccccc23)CCC(N(c2ccc(-c3ccc(-c4cccc5c4oc4ccccc45)cc3)cc2)c2cccc(-c3cccc4c3C3(c5ccccc5-c5ccccc53)c3ccccc3-4)c2)=C1. The zero-order valence-corrected chi connectivity index (χ0v) is 41.5. The lowest BCUT2D eigenvalue weighted by Gasteiger charge is -2.33. The lowest BCUT2D eigenvalue weighted by Crippen LogP contribution is -2.26. The fourth-order valence-corrected chi connectivity index (χ4v) is 13.3. The van der Waals surface area contributed by atoms with Crippen LogP contribution in [0.4, 0.5) is 11.4 Å². The maximum absolute atomic E-state index is 6.56. The molecule has 0 amide bonds. The largest absolute Gasteiger partial charge is 0.455 e. The topological polar surface area (TPSA) is 29.5 Å². The van der Waals surface area contributed by atoms with Gasteiger partial charge in [0.25, 0.3) is 0 Å². The molecule has 0 saturated heterocycles. The lowest BCUT2D eigenvalue weighted by molar-refractivity contribution is 0.667. The average molecular weight is 970 g/mol. The molecule has 0 atom stereocenters. The van der Waals surface area contributed by atoms with Gasteiger partial charge in [0, 0.05) is 49.7 Å². The number of anilines is 2. The van der Waals surface area contributed by atoms with Gasteiger partial charge in [-0.05, 0) is 133 Å². The molecule has 3 heteroatoms. The van der Waals surface area contributed by atoms with Crippen LogP contribution in [0.15, 0.2) is 275 Å². The van der Waals surface area contributed by atoms with Crippen molar-refractivity contribution in [3.05, 3.63) is 294 Å². The van der Waals surface area contributed by atoms with E-state index in [0.717, 1.165) is 95.9 Å². The summed E-state index contributed by atoms with van der Waals surface area (Å²) < 4.78 is 13.0. The summed E-state index contributed by atoms with van der Waals surface area (Å²) in [5, 5.41) is 4.58. The van der Waals surface area contributed by atoms with Crippen LogP contribution < -0.4 is 4.90 Å². The van der Waals surface area contributed by atoms with Crippen molar-refractivity contribution in [2.45, 2.75) is 18.3 Å². The number of nitrogens with zero attached hydrogens (tertiary/aromatic N) is 1. The molecule has 2 heterocycles. The van der Waals surface area contributed by atoms with E-state index in [0.29, 0.717) is 0 Å². The molecule has 16 rings (SSSR count). The van der Waals surface area contributed by atoms with E-state index >= 15 is 0 Å². The fourth-order valence-electron chi connectivity index (χ4n) is 13.3. The maximum Gasteiger partial charge on any atom is 0.143 e. The minimum absolute atomic E-state index is 0.462. The number of allylic oxidation sites excluding steroid dienone is 4. The summed E-state index contributed by atoms with van der Waals surface area (Å²) in [4.78, 5) is 2.48. The Bertz CT molecular complexity index is 4520. The number of hydrogen-bond donors (Lipinski definition) is 0. The van der Waals surface area contributed by atoms with Gasteiger partial charge in [0.05, 0.1) is 5.41 Å². The van der Waals surface area contributed by atoms with Gasteiger partial charge in [-0.25, -0.2) is 0 Å². The first-order valence-electron chi connectivity index (χ1n) is 26.4. The molecule has 356 valence electrons. The van der Waals surface area contributed by atoms with E-state index in [1.54, 1.807) is 0 Å². The number of hydrogen-bond acceptors (Lipinski definition) is 3. The second-order valence-electron chi connectivity index (χ2n) is 20.5. The molecule has 76 heavy (non-hydrogen) atoms. The third kappa shape index (κ3) is 6.23. The van der Waals surface area contributed by atoms with Crippen LogP contribution in [-0.2, 0) is 5.41 Å². The predicted molar refractivity (Wildman–Crippen MR) is 314 cm³/mol. The predicted octanol–water partition coefficient (Wildman–Crippen LogP) is 19.7. The van der Waals surface area contributed by atoms with Crippen molar-refractivity contribution in [3.63, 3.8) is 0 Å². The average Bonchev–Trinajstić information content (AvgIpc) is 4.41. The minimum atomic E-state index is -0.462. The number of furan rings is 2. The van der Waals surface area contributed by atoms with E-state index < -0.39 is 5.41 Å². The van der Waals surface area contributed by atoms with E-state index in [4.69, 9.17) is 8.83 Å². The summed E-state index contributed by atoms with van der Waals surface area (Å²) in [7, 11) is 0. The van der Waals surface area contributed by atoms with Crippen molar-refractivity contribution < 1.29 is 8.83 Å². The molecule has 0 N–H and O–H groups in total. The molecular weight excluding hydrogens is 923 g/mol. The molecule has 2 aromatic heterocycles. The molecule has 0 aliphatic heterocycles. The molecule has 3 aliphatic rings. The first kappa shape index (κ1) is 42.8. The summed E-state index contributed by atoms with van der Waals surface area (Å²) in [6.45, 7) is 0. The zero-order chi connectivity index (χ0) is 49.9. The van der Waals surface area contributed by atoms with Crippen molar-refractivity contribution in [2.24, 2.45) is 0 Å². The van der Waals surface area contributed by atoms with E-state index in [-0.39, 0.29) is 0 Å². The Kier molecular flexibility index (Phi) is 9.38. The van der Waals surface area contributed by atoms with Crippen LogP contribution in [0.3, 0.4) is 0 Å². The highest BCUT2D eigenvalue weighted by Crippen LogP contribution is 2.64. The van der Waals surface area contributed by atoms with E-state index in [9.17, 15) is 0 Å². The normalized spacial score (nSPS) is 13.9. The monoisotopic (exact) mass is 969 g/mol. The Morgan fingerprint density at radius 3 is 1.42 bits per heavy atom. The molecular formula is C73H47NO2. The zero-order valence-electron chi connectivity index (χ0n) is 41.5. The number of benzene rings is 11. The first-order chi connectivity index (χ1) is 37.7. The molecule has 0 bridgehead atoms. The molecule has 0 fully saturated rings. The summed E-state index contributed by atoms with van der Waals surface area (Å²) in [5.74, 6) is 0. The molecule has 0 saturated carbocycles. The van der Waals surface area contributed by atoms with Gasteiger partial charge in [-0.3, -0.25) is 0 Å². The van der Waals surface area contributed by atoms with Crippen LogP contribution in [0, 0.1) is 0 Å². The summed E-state index contributed by atoms with van der Waals surface area (Å²) >= 11 is 0. The van der Waals surface area contributed by atoms with E-state index in [2.05, 4.69) is 248 Å².